The lowest BCUT2D eigenvalue weighted by atomic mass is 10.2. The van der Waals surface area contributed by atoms with Crippen LogP contribution < -0.4 is 4.74 Å². The van der Waals surface area contributed by atoms with E-state index in [1.807, 2.05) is 6.92 Å². The second kappa shape index (κ2) is 7.97. The van der Waals surface area contributed by atoms with E-state index in [2.05, 4.69) is 6.92 Å². The van der Waals surface area contributed by atoms with Gasteiger partial charge in [-0.05, 0) is 49.9 Å². The fourth-order valence-corrected chi connectivity index (χ4v) is 4.30. The number of ether oxygens (including phenoxy) is 1. The minimum Gasteiger partial charge on any atom is -0.493 e. The van der Waals surface area contributed by atoms with Gasteiger partial charge in [-0.3, -0.25) is 0 Å². The minimum atomic E-state index is -3.37. The van der Waals surface area contributed by atoms with Crippen molar-refractivity contribution >= 4 is 10.0 Å². The predicted octanol–water partition coefficient (Wildman–Crippen LogP) is 3.74. The summed E-state index contributed by atoms with van der Waals surface area (Å²) in [6.45, 7) is 5.97. The summed E-state index contributed by atoms with van der Waals surface area (Å²) in [5.74, 6) is 0.781. The molecule has 22 heavy (non-hydrogen) atoms. The summed E-state index contributed by atoms with van der Waals surface area (Å²) in [6, 6.07) is 5.20. The summed E-state index contributed by atoms with van der Waals surface area (Å²) < 4.78 is 32.8. The lowest BCUT2D eigenvalue weighted by Gasteiger charge is -2.20. The molecule has 2 rings (SSSR count). The molecular formula is C17H27NO3S. The van der Waals surface area contributed by atoms with Gasteiger partial charge in [0.25, 0.3) is 0 Å². The highest BCUT2D eigenvalue weighted by Gasteiger charge is 2.25. The van der Waals surface area contributed by atoms with Crippen molar-refractivity contribution in [3.63, 3.8) is 0 Å². The van der Waals surface area contributed by atoms with Gasteiger partial charge in [0.2, 0.25) is 10.0 Å². The molecule has 0 aromatic heterocycles. The van der Waals surface area contributed by atoms with Crippen molar-refractivity contribution in [3.8, 4) is 5.75 Å². The van der Waals surface area contributed by atoms with E-state index in [-0.39, 0.29) is 0 Å². The second-order valence-electron chi connectivity index (χ2n) is 5.95. The fourth-order valence-electron chi connectivity index (χ4n) is 2.70. The summed E-state index contributed by atoms with van der Waals surface area (Å²) in [4.78, 5) is 0.384. The monoisotopic (exact) mass is 325 g/mol. The third-order valence-corrected chi connectivity index (χ3v) is 6.00. The summed E-state index contributed by atoms with van der Waals surface area (Å²) >= 11 is 0. The Hall–Kier alpha value is -1.07. The van der Waals surface area contributed by atoms with Crippen LogP contribution in [0, 0.1) is 6.92 Å². The van der Waals surface area contributed by atoms with Gasteiger partial charge >= 0.3 is 0 Å². The molecule has 0 bridgehead atoms. The standard InChI is InChI=1S/C17H27NO3S/c1-3-4-13-21-17-10-9-16(14-15(17)2)22(19,20)18-11-7-5-6-8-12-18/h9-10,14H,3-8,11-13H2,1-2H3. The molecule has 0 N–H and O–H groups in total. The van der Waals surface area contributed by atoms with Crippen LogP contribution in [0.25, 0.3) is 0 Å². The maximum absolute atomic E-state index is 12.7. The zero-order chi connectivity index (χ0) is 16.0. The van der Waals surface area contributed by atoms with E-state index in [0.29, 0.717) is 24.6 Å². The smallest absolute Gasteiger partial charge is 0.243 e. The van der Waals surface area contributed by atoms with Crippen LogP contribution >= 0.6 is 0 Å². The molecule has 5 heteroatoms. The molecule has 1 aromatic carbocycles. The SMILES string of the molecule is CCCCOc1ccc(S(=O)(=O)N2CCCCCC2)cc1C. The zero-order valence-corrected chi connectivity index (χ0v) is 14.5. The molecule has 0 radical (unpaired) electrons. The number of sulfonamides is 1. The Bertz CT molecular complexity index is 576. The normalized spacial score (nSPS) is 17.2. The Labute approximate surface area is 134 Å². The van der Waals surface area contributed by atoms with E-state index < -0.39 is 10.0 Å². The number of benzene rings is 1. The van der Waals surface area contributed by atoms with E-state index >= 15 is 0 Å². The van der Waals surface area contributed by atoms with Crippen LogP contribution in [0.2, 0.25) is 0 Å². The molecule has 1 aliphatic heterocycles. The summed E-state index contributed by atoms with van der Waals surface area (Å²) in [6.07, 6.45) is 6.24. The first-order valence-electron chi connectivity index (χ1n) is 8.29. The Morgan fingerprint density at radius 1 is 1.14 bits per heavy atom. The fraction of sp³-hybridized carbons (Fsp3) is 0.647. The van der Waals surface area contributed by atoms with Gasteiger partial charge in [0.15, 0.2) is 0 Å². The van der Waals surface area contributed by atoms with Crippen molar-refractivity contribution in [2.24, 2.45) is 0 Å². The van der Waals surface area contributed by atoms with Crippen molar-refractivity contribution in [1.29, 1.82) is 0 Å². The quantitative estimate of drug-likeness (QED) is 0.749. The zero-order valence-electron chi connectivity index (χ0n) is 13.7. The van der Waals surface area contributed by atoms with Crippen LogP contribution in [-0.2, 0) is 10.0 Å². The molecule has 0 atom stereocenters. The molecule has 1 fully saturated rings. The molecule has 1 aromatic rings. The van der Waals surface area contributed by atoms with Gasteiger partial charge in [-0.1, -0.05) is 26.2 Å². The summed E-state index contributed by atoms with van der Waals surface area (Å²) in [5.41, 5.74) is 0.881. The number of rotatable bonds is 6. The van der Waals surface area contributed by atoms with Crippen LogP contribution in [0.5, 0.6) is 5.75 Å². The Morgan fingerprint density at radius 3 is 2.41 bits per heavy atom. The van der Waals surface area contributed by atoms with Crippen molar-refractivity contribution in [1.82, 2.24) is 4.31 Å². The first-order chi connectivity index (χ1) is 10.6. The Morgan fingerprint density at radius 2 is 1.82 bits per heavy atom. The van der Waals surface area contributed by atoms with Crippen LogP contribution in [0.4, 0.5) is 0 Å². The molecule has 1 saturated heterocycles. The van der Waals surface area contributed by atoms with Gasteiger partial charge in [0.05, 0.1) is 11.5 Å². The molecule has 0 aliphatic carbocycles. The molecule has 1 heterocycles. The Kier molecular flexibility index (Phi) is 6.26. The lowest BCUT2D eigenvalue weighted by molar-refractivity contribution is 0.307. The van der Waals surface area contributed by atoms with Crippen LogP contribution in [0.3, 0.4) is 0 Å². The first kappa shape index (κ1) is 17.3. The average Bonchev–Trinajstić information content (AvgIpc) is 2.78. The van der Waals surface area contributed by atoms with Crippen LogP contribution in [0.1, 0.15) is 51.0 Å². The third kappa shape index (κ3) is 4.23. The van der Waals surface area contributed by atoms with E-state index in [4.69, 9.17) is 4.74 Å². The largest absolute Gasteiger partial charge is 0.493 e. The maximum Gasteiger partial charge on any atom is 0.243 e. The third-order valence-electron chi connectivity index (χ3n) is 4.10. The van der Waals surface area contributed by atoms with Gasteiger partial charge in [-0.15, -0.1) is 0 Å². The predicted molar refractivity (Wildman–Crippen MR) is 88.8 cm³/mol. The topological polar surface area (TPSA) is 46.6 Å². The van der Waals surface area contributed by atoms with Crippen molar-refractivity contribution in [2.75, 3.05) is 19.7 Å². The molecule has 0 unspecified atom stereocenters. The van der Waals surface area contributed by atoms with E-state index in [1.165, 1.54) is 0 Å². The minimum absolute atomic E-state index is 0.384. The van der Waals surface area contributed by atoms with E-state index in [9.17, 15) is 8.42 Å². The second-order valence-corrected chi connectivity index (χ2v) is 7.89. The van der Waals surface area contributed by atoms with Crippen molar-refractivity contribution in [2.45, 2.75) is 57.3 Å². The number of hydrogen-bond acceptors (Lipinski definition) is 3. The van der Waals surface area contributed by atoms with Crippen LogP contribution in [0.15, 0.2) is 23.1 Å². The highest BCUT2D eigenvalue weighted by Crippen LogP contribution is 2.25. The summed E-state index contributed by atoms with van der Waals surface area (Å²) in [7, 11) is -3.37. The van der Waals surface area contributed by atoms with E-state index in [0.717, 1.165) is 49.8 Å². The number of unbranched alkanes of at least 4 members (excludes halogenated alkanes) is 1. The van der Waals surface area contributed by atoms with Gasteiger partial charge < -0.3 is 4.74 Å². The van der Waals surface area contributed by atoms with Gasteiger partial charge in [-0.25, -0.2) is 8.42 Å². The summed E-state index contributed by atoms with van der Waals surface area (Å²) in [5, 5.41) is 0. The molecule has 4 nitrogen and oxygen atoms in total. The van der Waals surface area contributed by atoms with Gasteiger partial charge in [0.1, 0.15) is 5.75 Å². The van der Waals surface area contributed by atoms with Crippen molar-refractivity contribution < 1.29 is 13.2 Å². The molecule has 1 aliphatic rings. The van der Waals surface area contributed by atoms with Gasteiger partial charge in [0, 0.05) is 13.1 Å². The molecule has 0 amide bonds. The number of aryl methyl sites for hydroxylation is 1. The Balaban J connectivity index is 2.15. The highest BCUT2D eigenvalue weighted by molar-refractivity contribution is 7.89. The lowest BCUT2D eigenvalue weighted by Crippen LogP contribution is -2.31. The molecule has 0 saturated carbocycles. The van der Waals surface area contributed by atoms with E-state index in [1.54, 1.807) is 22.5 Å². The van der Waals surface area contributed by atoms with Gasteiger partial charge in [-0.2, -0.15) is 4.31 Å². The molecule has 0 spiro atoms. The molecule has 124 valence electrons. The first-order valence-corrected chi connectivity index (χ1v) is 9.73. The number of nitrogens with zero attached hydrogens (tertiary/aromatic N) is 1. The molecular weight excluding hydrogens is 298 g/mol. The van der Waals surface area contributed by atoms with Crippen molar-refractivity contribution in [3.05, 3.63) is 23.8 Å². The average molecular weight is 325 g/mol. The maximum atomic E-state index is 12.7. The van der Waals surface area contributed by atoms with Crippen LogP contribution in [-0.4, -0.2) is 32.4 Å². The highest BCUT2D eigenvalue weighted by atomic mass is 32.2. The number of hydrogen-bond donors (Lipinski definition) is 0.